The van der Waals surface area contributed by atoms with Crippen molar-refractivity contribution < 1.29 is 0 Å². The zero-order valence-electron chi connectivity index (χ0n) is 10.00. The summed E-state index contributed by atoms with van der Waals surface area (Å²) < 4.78 is 0. The summed E-state index contributed by atoms with van der Waals surface area (Å²) in [4.78, 5) is 4.28. The van der Waals surface area contributed by atoms with Gasteiger partial charge < -0.3 is 5.32 Å². The lowest BCUT2D eigenvalue weighted by molar-refractivity contribution is 0.116. The predicted octanol–water partition coefficient (Wildman–Crippen LogP) is 2.50. The van der Waals surface area contributed by atoms with E-state index in [0.29, 0.717) is 5.41 Å². The number of aromatic nitrogens is 1. The third-order valence-corrected chi connectivity index (χ3v) is 4.37. The molecule has 2 saturated carbocycles. The fourth-order valence-electron chi connectivity index (χ4n) is 3.39. The first kappa shape index (κ1) is 10.3. The van der Waals surface area contributed by atoms with Crippen molar-refractivity contribution in [3.63, 3.8) is 0 Å². The van der Waals surface area contributed by atoms with Crippen molar-refractivity contribution in [2.45, 2.75) is 38.0 Å². The Bertz CT molecular complexity index is 360. The van der Waals surface area contributed by atoms with Crippen LogP contribution in [0.25, 0.3) is 0 Å². The van der Waals surface area contributed by atoms with Crippen molar-refractivity contribution in [1.82, 2.24) is 10.3 Å². The molecule has 0 aliphatic heterocycles. The van der Waals surface area contributed by atoms with Gasteiger partial charge in [-0.05, 0) is 49.3 Å². The minimum Gasteiger partial charge on any atom is -0.316 e. The van der Waals surface area contributed by atoms with E-state index in [0.717, 1.165) is 18.5 Å². The molecule has 0 aromatic carbocycles. The summed E-state index contributed by atoms with van der Waals surface area (Å²) in [6, 6.07) is 4.32. The maximum atomic E-state index is 4.28. The monoisotopic (exact) mass is 216 g/mol. The van der Waals surface area contributed by atoms with Gasteiger partial charge in [-0.15, -0.1) is 0 Å². The first-order valence-corrected chi connectivity index (χ1v) is 6.40. The van der Waals surface area contributed by atoms with Crippen LogP contribution < -0.4 is 5.32 Å². The molecule has 2 fully saturated rings. The smallest absolute Gasteiger partial charge is 0.0306 e. The Kier molecular flexibility index (Phi) is 2.28. The highest BCUT2D eigenvalue weighted by Gasteiger charge is 2.60. The molecule has 0 unspecified atom stereocenters. The molecule has 2 aliphatic rings. The number of hydrogen-bond acceptors (Lipinski definition) is 2. The van der Waals surface area contributed by atoms with Crippen molar-refractivity contribution in [2.75, 3.05) is 13.1 Å². The van der Waals surface area contributed by atoms with Crippen LogP contribution >= 0.6 is 0 Å². The average Bonchev–Trinajstić information content (AvgIpc) is 3.06. The first-order valence-electron chi connectivity index (χ1n) is 6.40. The maximum Gasteiger partial charge on any atom is 0.0306 e. The Balaban J connectivity index is 1.80. The van der Waals surface area contributed by atoms with Crippen LogP contribution in [0.15, 0.2) is 24.5 Å². The van der Waals surface area contributed by atoms with Gasteiger partial charge in [0.25, 0.3) is 0 Å². The molecule has 1 heterocycles. The Labute approximate surface area is 97.5 Å². The quantitative estimate of drug-likeness (QED) is 0.836. The van der Waals surface area contributed by atoms with Gasteiger partial charge in [0.2, 0.25) is 0 Å². The van der Waals surface area contributed by atoms with E-state index in [4.69, 9.17) is 0 Å². The van der Waals surface area contributed by atoms with Crippen LogP contribution in [0.1, 0.15) is 38.2 Å². The molecule has 0 atom stereocenters. The standard InChI is InChI=1S/C14H20N2/c1-2-15-11-14(9-13(10-14)5-6-13)12-4-3-7-16-8-12/h3-4,7-8,15H,2,5-6,9-11H2,1H3. The molecule has 16 heavy (non-hydrogen) atoms. The van der Waals surface area contributed by atoms with Gasteiger partial charge >= 0.3 is 0 Å². The van der Waals surface area contributed by atoms with E-state index in [1.807, 2.05) is 6.20 Å². The van der Waals surface area contributed by atoms with Crippen LogP contribution in [0, 0.1) is 5.41 Å². The number of nitrogens with one attached hydrogen (secondary N) is 1. The van der Waals surface area contributed by atoms with Crippen LogP contribution in [-0.2, 0) is 5.41 Å². The van der Waals surface area contributed by atoms with Crippen LogP contribution in [0.3, 0.4) is 0 Å². The molecular formula is C14H20N2. The molecule has 1 N–H and O–H groups in total. The van der Waals surface area contributed by atoms with E-state index < -0.39 is 0 Å². The number of pyridine rings is 1. The highest BCUT2D eigenvalue weighted by atomic mass is 14.9. The van der Waals surface area contributed by atoms with Gasteiger partial charge in [-0.2, -0.15) is 0 Å². The van der Waals surface area contributed by atoms with Crippen LogP contribution in [-0.4, -0.2) is 18.1 Å². The molecule has 3 rings (SSSR count). The molecule has 1 aromatic rings. The second kappa shape index (κ2) is 3.56. The van der Waals surface area contributed by atoms with Gasteiger partial charge in [0.05, 0.1) is 0 Å². The molecule has 2 aliphatic carbocycles. The predicted molar refractivity (Wildman–Crippen MR) is 65.4 cm³/mol. The lowest BCUT2D eigenvalue weighted by atomic mass is 9.56. The van der Waals surface area contributed by atoms with E-state index in [9.17, 15) is 0 Å². The summed E-state index contributed by atoms with van der Waals surface area (Å²) in [6.45, 7) is 4.37. The summed E-state index contributed by atoms with van der Waals surface area (Å²) in [5, 5.41) is 3.53. The van der Waals surface area contributed by atoms with Crippen molar-refractivity contribution >= 4 is 0 Å². The van der Waals surface area contributed by atoms with E-state index in [1.165, 1.54) is 31.2 Å². The number of hydrogen-bond donors (Lipinski definition) is 1. The van der Waals surface area contributed by atoms with Gasteiger partial charge in [0.15, 0.2) is 0 Å². The van der Waals surface area contributed by atoms with Crippen LogP contribution in [0.4, 0.5) is 0 Å². The Hall–Kier alpha value is -0.890. The van der Waals surface area contributed by atoms with E-state index in [-0.39, 0.29) is 0 Å². The molecule has 0 radical (unpaired) electrons. The Morgan fingerprint density at radius 3 is 2.75 bits per heavy atom. The van der Waals surface area contributed by atoms with Gasteiger partial charge in [-0.3, -0.25) is 4.98 Å². The number of rotatable bonds is 4. The van der Waals surface area contributed by atoms with Crippen molar-refractivity contribution in [3.8, 4) is 0 Å². The summed E-state index contributed by atoms with van der Waals surface area (Å²) in [5.74, 6) is 0. The minimum atomic E-state index is 0.390. The lowest BCUT2D eigenvalue weighted by Crippen LogP contribution is -2.49. The normalized spacial score (nSPS) is 24.1. The molecule has 1 aromatic heterocycles. The molecule has 0 saturated heterocycles. The zero-order chi connectivity index (χ0) is 11.1. The molecule has 2 heteroatoms. The fourth-order valence-corrected chi connectivity index (χ4v) is 3.39. The van der Waals surface area contributed by atoms with Crippen LogP contribution in [0.5, 0.6) is 0 Å². The highest BCUT2D eigenvalue weighted by molar-refractivity contribution is 5.31. The Morgan fingerprint density at radius 2 is 2.19 bits per heavy atom. The van der Waals surface area contributed by atoms with Gasteiger partial charge in [0, 0.05) is 24.4 Å². The van der Waals surface area contributed by atoms with E-state index >= 15 is 0 Å². The van der Waals surface area contributed by atoms with Gasteiger partial charge in [0.1, 0.15) is 0 Å². The summed E-state index contributed by atoms with van der Waals surface area (Å²) in [5.41, 5.74) is 2.57. The zero-order valence-corrected chi connectivity index (χ0v) is 10.00. The minimum absolute atomic E-state index is 0.390. The highest BCUT2D eigenvalue weighted by Crippen LogP contribution is 2.68. The molecule has 86 valence electrons. The number of nitrogens with zero attached hydrogens (tertiary/aromatic N) is 1. The largest absolute Gasteiger partial charge is 0.316 e. The summed E-state index contributed by atoms with van der Waals surface area (Å²) >= 11 is 0. The van der Waals surface area contributed by atoms with E-state index in [2.05, 4.69) is 35.6 Å². The second-order valence-electron chi connectivity index (χ2n) is 5.66. The van der Waals surface area contributed by atoms with Crippen molar-refractivity contribution in [3.05, 3.63) is 30.1 Å². The third-order valence-electron chi connectivity index (χ3n) is 4.37. The van der Waals surface area contributed by atoms with Crippen molar-refractivity contribution in [2.24, 2.45) is 5.41 Å². The third kappa shape index (κ3) is 1.56. The molecular weight excluding hydrogens is 196 g/mol. The Morgan fingerprint density at radius 1 is 1.38 bits per heavy atom. The van der Waals surface area contributed by atoms with E-state index in [1.54, 1.807) is 0 Å². The number of likely N-dealkylation sites (N-methyl/N-ethyl adjacent to an activating group) is 1. The topological polar surface area (TPSA) is 24.9 Å². The van der Waals surface area contributed by atoms with Gasteiger partial charge in [-0.25, -0.2) is 0 Å². The van der Waals surface area contributed by atoms with Crippen molar-refractivity contribution in [1.29, 1.82) is 0 Å². The maximum absolute atomic E-state index is 4.28. The first-order chi connectivity index (χ1) is 7.79. The summed E-state index contributed by atoms with van der Waals surface area (Å²) in [6.07, 6.45) is 9.60. The fraction of sp³-hybridized carbons (Fsp3) is 0.643. The molecule has 0 bridgehead atoms. The lowest BCUT2D eigenvalue weighted by Gasteiger charge is -2.49. The molecule has 0 amide bonds. The SMILES string of the molecule is CCNCC1(c2cccnc2)CC2(CC2)C1. The molecule has 2 nitrogen and oxygen atoms in total. The summed E-state index contributed by atoms with van der Waals surface area (Å²) in [7, 11) is 0. The van der Waals surface area contributed by atoms with Gasteiger partial charge in [-0.1, -0.05) is 13.0 Å². The second-order valence-corrected chi connectivity index (χ2v) is 5.66. The van der Waals surface area contributed by atoms with Crippen LogP contribution in [0.2, 0.25) is 0 Å². The average molecular weight is 216 g/mol. The molecule has 1 spiro atoms.